The monoisotopic (exact) mass is 231 g/mol. The van der Waals surface area contributed by atoms with Crippen LogP contribution in [0.25, 0.3) is 11.1 Å². The fourth-order valence-electron chi connectivity index (χ4n) is 1.16. The lowest BCUT2D eigenvalue weighted by atomic mass is 10.4. The normalized spacial score (nSPS) is 12.1. The molecule has 0 aliphatic rings. The summed E-state index contributed by atoms with van der Waals surface area (Å²) in [5, 5.41) is 0. The van der Waals surface area contributed by atoms with Crippen molar-refractivity contribution in [2.45, 2.75) is 5.75 Å². The number of furan rings is 1. The highest BCUT2D eigenvalue weighted by atomic mass is 35.7. The molecule has 6 heteroatoms. The maximum Gasteiger partial charge on any atom is 0.239 e. The van der Waals surface area contributed by atoms with E-state index in [9.17, 15) is 8.42 Å². The zero-order valence-corrected chi connectivity index (χ0v) is 8.55. The summed E-state index contributed by atoms with van der Waals surface area (Å²) in [6.07, 6.45) is 1.61. The lowest BCUT2D eigenvalue weighted by molar-refractivity contribution is 0.559. The van der Waals surface area contributed by atoms with Crippen LogP contribution in [0.5, 0.6) is 0 Å². The molecular formula is C8H6ClNO3S. The molecule has 74 valence electrons. The summed E-state index contributed by atoms with van der Waals surface area (Å²) in [6.45, 7) is 0. The Labute approximate surface area is 84.9 Å². The molecule has 0 atom stereocenters. The summed E-state index contributed by atoms with van der Waals surface area (Å²) in [5.41, 5.74) is 1.19. The van der Waals surface area contributed by atoms with E-state index >= 15 is 0 Å². The average Bonchev–Trinajstić information content (AvgIpc) is 2.42. The number of nitrogens with zero attached hydrogens (tertiary/aromatic N) is 1. The van der Waals surface area contributed by atoms with Crippen LogP contribution in [0.2, 0.25) is 0 Å². The first-order valence-corrected chi connectivity index (χ1v) is 6.28. The van der Waals surface area contributed by atoms with E-state index in [2.05, 4.69) is 4.98 Å². The third-order valence-electron chi connectivity index (χ3n) is 1.65. The molecule has 2 aromatic heterocycles. The van der Waals surface area contributed by atoms with Crippen LogP contribution in [0.1, 0.15) is 5.76 Å². The van der Waals surface area contributed by atoms with Crippen molar-refractivity contribution in [3.63, 3.8) is 0 Å². The van der Waals surface area contributed by atoms with Gasteiger partial charge in [-0.15, -0.1) is 0 Å². The highest BCUT2D eigenvalue weighted by Crippen LogP contribution is 2.19. The van der Waals surface area contributed by atoms with Crippen molar-refractivity contribution < 1.29 is 12.8 Å². The standard InChI is InChI=1S/C8H6ClNO3S/c9-14(11,12)5-6-4-7-8(13-6)2-1-3-10-7/h1-4H,5H2. The third-order valence-corrected chi connectivity index (χ3v) is 2.61. The molecule has 0 saturated carbocycles. The molecule has 0 aliphatic heterocycles. The van der Waals surface area contributed by atoms with E-state index in [0.29, 0.717) is 16.9 Å². The molecule has 0 bridgehead atoms. The molecule has 2 rings (SSSR count). The Morgan fingerprint density at radius 2 is 2.29 bits per heavy atom. The zero-order valence-electron chi connectivity index (χ0n) is 6.97. The van der Waals surface area contributed by atoms with Gasteiger partial charge in [-0.1, -0.05) is 0 Å². The van der Waals surface area contributed by atoms with Crippen molar-refractivity contribution in [1.82, 2.24) is 4.98 Å². The first-order valence-electron chi connectivity index (χ1n) is 3.80. The van der Waals surface area contributed by atoms with Gasteiger partial charge in [-0.2, -0.15) is 0 Å². The zero-order chi connectivity index (χ0) is 10.2. The summed E-state index contributed by atoms with van der Waals surface area (Å²) in [5.74, 6) is -0.0148. The number of aromatic nitrogens is 1. The summed E-state index contributed by atoms with van der Waals surface area (Å²) >= 11 is 0. The van der Waals surface area contributed by atoms with Crippen LogP contribution >= 0.6 is 10.7 Å². The van der Waals surface area contributed by atoms with Gasteiger partial charge in [-0.25, -0.2) is 8.42 Å². The largest absolute Gasteiger partial charge is 0.458 e. The minimum atomic E-state index is -3.57. The van der Waals surface area contributed by atoms with Crippen molar-refractivity contribution in [2.75, 3.05) is 0 Å². The molecule has 0 aliphatic carbocycles. The number of rotatable bonds is 2. The Bertz CT molecular complexity index is 528. The van der Waals surface area contributed by atoms with Crippen LogP contribution < -0.4 is 0 Å². The third kappa shape index (κ3) is 2.05. The maximum atomic E-state index is 10.8. The van der Waals surface area contributed by atoms with Gasteiger partial charge in [-0.05, 0) is 12.1 Å². The van der Waals surface area contributed by atoms with Gasteiger partial charge in [0.1, 0.15) is 17.0 Å². The van der Waals surface area contributed by atoms with Crippen LogP contribution in [0.4, 0.5) is 0 Å². The lowest BCUT2D eigenvalue weighted by Gasteiger charge is -1.88. The Kier molecular flexibility index (Phi) is 2.20. The molecular weight excluding hydrogens is 226 g/mol. The average molecular weight is 232 g/mol. The molecule has 0 spiro atoms. The summed E-state index contributed by atoms with van der Waals surface area (Å²) in [7, 11) is 1.51. The predicted molar refractivity (Wildman–Crippen MR) is 52.5 cm³/mol. The van der Waals surface area contributed by atoms with E-state index in [0.717, 1.165) is 0 Å². The fourth-order valence-corrected chi connectivity index (χ4v) is 1.97. The van der Waals surface area contributed by atoms with Crippen LogP contribution in [0, 0.1) is 0 Å². The molecule has 0 saturated heterocycles. The first-order chi connectivity index (χ1) is 6.54. The second-order valence-electron chi connectivity index (χ2n) is 2.78. The molecule has 2 heterocycles. The van der Waals surface area contributed by atoms with Gasteiger partial charge in [0.15, 0.2) is 5.58 Å². The summed E-state index contributed by atoms with van der Waals surface area (Å²) in [4.78, 5) is 4.00. The number of hydrogen-bond acceptors (Lipinski definition) is 4. The molecule has 0 unspecified atom stereocenters. The van der Waals surface area contributed by atoms with Crippen LogP contribution in [-0.4, -0.2) is 13.4 Å². The SMILES string of the molecule is O=S(=O)(Cl)Cc1cc2ncccc2o1. The second-order valence-corrected chi connectivity index (χ2v) is 5.56. The molecule has 0 radical (unpaired) electrons. The quantitative estimate of drug-likeness (QED) is 0.741. The molecule has 0 N–H and O–H groups in total. The minimum absolute atomic E-state index is 0.300. The Balaban J connectivity index is 2.46. The van der Waals surface area contributed by atoms with E-state index in [4.69, 9.17) is 15.1 Å². The molecule has 0 aromatic carbocycles. The number of hydrogen-bond donors (Lipinski definition) is 0. The second kappa shape index (κ2) is 3.25. The van der Waals surface area contributed by atoms with Gasteiger partial charge in [0.05, 0.1) is 0 Å². The molecule has 0 fully saturated rings. The predicted octanol–water partition coefficient (Wildman–Crippen LogP) is 1.90. The van der Waals surface area contributed by atoms with Crippen LogP contribution in [0.15, 0.2) is 28.8 Å². The molecule has 14 heavy (non-hydrogen) atoms. The van der Waals surface area contributed by atoms with Crippen molar-refractivity contribution in [3.8, 4) is 0 Å². The maximum absolute atomic E-state index is 10.8. The van der Waals surface area contributed by atoms with E-state index in [1.165, 1.54) is 0 Å². The topological polar surface area (TPSA) is 60.2 Å². The van der Waals surface area contributed by atoms with Gasteiger partial charge in [0.2, 0.25) is 9.05 Å². The van der Waals surface area contributed by atoms with E-state index in [1.54, 1.807) is 24.4 Å². The minimum Gasteiger partial charge on any atom is -0.458 e. The number of fused-ring (bicyclic) bond motifs is 1. The molecule has 4 nitrogen and oxygen atoms in total. The smallest absolute Gasteiger partial charge is 0.239 e. The molecule has 0 amide bonds. The van der Waals surface area contributed by atoms with Crippen molar-refractivity contribution >= 4 is 30.8 Å². The number of pyridine rings is 1. The Hall–Kier alpha value is -1.07. The van der Waals surface area contributed by atoms with Crippen molar-refractivity contribution in [3.05, 3.63) is 30.2 Å². The Morgan fingerprint density at radius 3 is 2.93 bits per heavy atom. The fraction of sp³-hybridized carbons (Fsp3) is 0.125. The first kappa shape index (κ1) is 9.48. The molecule has 2 aromatic rings. The van der Waals surface area contributed by atoms with E-state index in [-0.39, 0.29) is 5.75 Å². The summed E-state index contributed by atoms with van der Waals surface area (Å²) < 4.78 is 26.7. The number of halogens is 1. The van der Waals surface area contributed by atoms with Gasteiger partial charge in [-0.3, -0.25) is 4.98 Å². The van der Waals surface area contributed by atoms with Crippen LogP contribution in [-0.2, 0) is 14.8 Å². The lowest BCUT2D eigenvalue weighted by Crippen LogP contribution is -1.92. The highest BCUT2D eigenvalue weighted by molar-refractivity contribution is 8.13. The van der Waals surface area contributed by atoms with Crippen LogP contribution in [0.3, 0.4) is 0 Å². The van der Waals surface area contributed by atoms with E-state index < -0.39 is 9.05 Å². The Morgan fingerprint density at radius 1 is 1.50 bits per heavy atom. The summed E-state index contributed by atoms with van der Waals surface area (Å²) in [6, 6.07) is 4.99. The van der Waals surface area contributed by atoms with Gasteiger partial charge >= 0.3 is 0 Å². The van der Waals surface area contributed by atoms with E-state index in [1.807, 2.05) is 0 Å². The van der Waals surface area contributed by atoms with Crippen molar-refractivity contribution in [1.29, 1.82) is 0 Å². The van der Waals surface area contributed by atoms with Gasteiger partial charge in [0, 0.05) is 22.9 Å². The van der Waals surface area contributed by atoms with Crippen molar-refractivity contribution in [2.24, 2.45) is 0 Å². The van der Waals surface area contributed by atoms with Gasteiger partial charge < -0.3 is 4.42 Å². The van der Waals surface area contributed by atoms with Gasteiger partial charge in [0.25, 0.3) is 0 Å². The highest BCUT2D eigenvalue weighted by Gasteiger charge is 2.11.